The molecule has 1 aromatic heterocycles. The minimum atomic E-state index is -0.679. The lowest BCUT2D eigenvalue weighted by Gasteiger charge is -2.26. The number of methoxy groups -OCH3 is 1. The minimum Gasteiger partial charge on any atom is -0.506 e. The summed E-state index contributed by atoms with van der Waals surface area (Å²) in [6, 6.07) is 7.66. The van der Waals surface area contributed by atoms with Crippen LogP contribution in [0.1, 0.15) is 5.56 Å². The predicted octanol–water partition coefficient (Wildman–Crippen LogP) is 4.07. The van der Waals surface area contributed by atoms with Crippen molar-refractivity contribution in [1.82, 2.24) is 9.88 Å². The Balaban J connectivity index is 1.66. The van der Waals surface area contributed by atoms with Crippen molar-refractivity contribution in [2.45, 2.75) is 0 Å². The molecular formula is C23H22ClFN4O4. The van der Waals surface area contributed by atoms with Crippen LogP contribution in [0.15, 0.2) is 30.5 Å². The molecule has 2 N–H and O–H groups in total. The number of pyridine rings is 1. The Kier molecular flexibility index (Phi) is 6.99. The lowest BCUT2D eigenvalue weighted by atomic mass is 10.1. The first-order valence-electron chi connectivity index (χ1n) is 10.3. The third-order valence-corrected chi connectivity index (χ3v) is 5.65. The van der Waals surface area contributed by atoms with Crippen molar-refractivity contribution >= 4 is 33.9 Å². The van der Waals surface area contributed by atoms with Gasteiger partial charge in [0.05, 0.1) is 42.3 Å². The van der Waals surface area contributed by atoms with Crippen LogP contribution in [0.2, 0.25) is 5.02 Å². The molecule has 0 atom stereocenters. The Labute approximate surface area is 195 Å². The van der Waals surface area contributed by atoms with Crippen LogP contribution in [-0.4, -0.2) is 61.6 Å². The van der Waals surface area contributed by atoms with Crippen LogP contribution in [0, 0.1) is 17.1 Å². The van der Waals surface area contributed by atoms with Gasteiger partial charge < -0.3 is 24.6 Å². The number of aromatic hydroxyl groups is 1. The molecule has 0 bridgehead atoms. The third kappa shape index (κ3) is 4.88. The fourth-order valence-electron chi connectivity index (χ4n) is 3.63. The second-order valence-electron chi connectivity index (χ2n) is 7.36. The van der Waals surface area contributed by atoms with E-state index in [1.165, 1.54) is 13.3 Å². The summed E-state index contributed by atoms with van der Waals surface area (Å²) in [6.07, 6.45) is 1.37. The number of nitrogens with zero attached hydrogens (tertiary/aromatic N) is 3. The van der Waals surface area contributed by atoms with Gasteiger partial charge >= 0.3 is 0 Å². The van der Waals surface area contributed by atoms with E-state index in [1.54, 1.807) is 12.1 Å². The molecule has 33 heavy (non-hydrogen) atoms. The van der Waals surface area contributed by atoms with Gasteiger partial charge in [-0.25, -0.2) is 4.39 Å². The second-order valence-corrected chi connectivity index (χ2v) is 7.77. The van der Waals surface area contributed by atoms with Gasteiger partial charge in [-0.3, -0.25) is 9.88 Å². The number of hydrogen-bond donors (Lipinski definition) is 2. The van der Waals surface area contributed by atoms with E-state index in [9.17, 15) is 14.8 Å². The molecule has 0 saturated carbocycles. The van der Waals surface area contributed by atoms with E-state index in [-0.39, 0.29) is 22.0 Å². The lowest BCUT2D eigenvalue weighted by Crippen LogP contribution is -2.38. The second kappa shape index (κ2) is 10.1. The number of nitriles is 1. The molecule has 0 aliphatic carbocycles. The molecule has 172 valence electrons. The first-order valence-corrected chi connectivity index (χ1v) is 10.7. The number of nitrogens with one attached hydrogen (secondary N) is 1. The van der Waals surface area contributed by atoms with Crippen molar-refractivity contribution in [2.24, 2.45) is 0 Å². The molecule has 8 nitrogen and oxygen atoms in total. The fraction of sp³-hybridized carbons (Fsp3) is 0.304. The SMILES string of the molecule is COc1c(OCCN2CCOCC2)ccc2c(Nc3cc(O)c(Cl)cc3F)c(C#N)cnc12. The van der Waals surface area contributed by atoms with Crippen molar-refractivity contribution in [3.63, 3.8) is 0 Å². The average Bonchev–Trinajstić information content (AvgIpc) is 2.83. The molecule has 3 aromatic rings. The van der Waals surface area contributed by atoms with Crippen LogP contribution in [-0.2, 0) is 4.74 Å². The predicted molar refractivity (Wildman–Crippen MR) is 122 cm³/mol. The van der Waals surface area contributed by atoms with E-state index in [2.05, 4.69) is 21.3 Å². The number of halogens is 2. The molecular weight excluding hydrogens is 451 g/mol. The summed E-state index contributed by atoms with van der Waals surface area (Å²) in [6.45, 7) is 4.36. The first-order chi connectivity index (χ1) is 16.0. The number of anilines is 2. The molecule has 10 heteroatoms. The number of ether oxygens (including phenoxy) is 3. The van der Waals surface area contributed by atoms with Gasteiger partial charge in [-0.1, -0.05) is 11.6 Å². The highest BCUT2D eigenvalue weighted by Gasteiger charge is 2.19. The Hall–Kier alpha value is -3.32. The largest absolute Gasteiger partial charge is 0.506 e. The lowest BCUT2D eigenvalue weighted by molar-refractivity contribution is 0.0321. The molecule has 1 aliphatic rings. The van der Waals surface area contributed by atoms with Gasteiger partial charge in [-0.15, -0.1) is 0 Å². The summed E-state index contributed by atoms with van der Waals surface area (Å²) in [4.78, 5) is 6.64. The normalized spacial score (nSPS) is 14.1. The molecule has 1 fully saturated rings. The highest BCUT2D eigenvalue weighted by molar-refractivity contribution is 6.32. The fourth-order valence-corrected chi connectivity index (χ4v) is 3.78. The average molecular weight is 473 g/mol. The molecule has 0 unspecified atom stereocenters. The summed E-state index contributed by atoms with van der Waals surface area (Å²) in [5, 5.41) is 22.8. The number of hydrogen-bond acceptors (Lipinski definition) is 8. The summed E-state index contributed by atoms with van der Waals surface area (Å²) in [5.74, 6) is -0.0502. The highest BCUT2D eigenvalue weighted by atomic mass is 35.5. The molecule has 2 heterocycles. The van der Waals surface area contributed by atoms with Crippen molar-refractivity contribution in [3.8, 4) is 23.3 Å². The van der Waals surface area contributed by atoms with Gasteiger partial charge in [0, 0.05) is 37.3 Å². The van der Waals surface area contributed by atoms with E-state index < -0.39 is 5.82 Å². The van der Waals surface area contributed by atoms with E-state index in [0.717, 1.165) is 31.8 Å². The molecule has 0 spiro atoms. The first kappa shape index (κ1) is 22.9. The highest BCUT2D eigenvalue weighted by Crippen LogP contribution is 2.40. The van der Waals surface area contributed by atoms with Gasteiger partial charge in [-0.2, -0.15) is 5.26 Å². The van der Waals surface area contributed by atoms with Crippen LogP contribution in [0.4, 0.5) is 15.8 Å². The van der Waals surface area contributed by atoms with Gasteiger partial charge in [0.2, 0.25) is 0 Å². The number of aromatic nitrogens is 1. The monoisotopic (exact) mass is 472 g/mol. The van der Waals surface area contributed by atoms with Crippen LogP contribution in [0.25, 0.3) is 10.9 Å². The summed E-state index contributed by atoms with van der Waals surface area (Å²) < 4.78 is 31.3. The maximum absolute atomic E-state index is 14.4. The Morgan fingerprint density at radius 1 is 1.33 bits per heavy atom. The standard InChI is InChI=1S/C23H22ClFN4O4/c1-31-23-20(33-9-6-29-4-7-32-8-5-29)3-2-15-21(14(12-26)13-27-22(15)23)28-18-11-19(30)16(24)10-17(18)25/h2-3,10-11,13,30H,4-9H2,1H3,(H,27,28). The number of rotatable bonds is 7. The molecule has 0 amide bonds. The van der Waals surface area contributed by atoms with Gasteiger partial charge in [-0.05, 0) is 18.2 Å². The van der Waals surface area contributed by atoms with E-state index in [0.29, 0.717) is 47.9 Å². The van der Waals surface area contributed by atoms with Gasteiger partial charge in [0.1, 0.15) is 29.8 Å². The number of phenolic OH excluding ortho intramolecular Hbond substituents is 1. The number of morpholine rings is 1. The van der Waals surface area contributed by atoms with Crippen molar-refractivity contribution < 1.29 is 23.7 Å². The van der Waals surface area contributed by atoms with Crippen molar-refractivity contribution in [2.75, 3.05) is 51.9 Å². The quantitative estimate of drug-likeness (QED) is 0.531. The van der Waals surface area contributed by atoms with Gasteiger partial charge in [0.15, 0.2) is 11.5 Å². The summed E-state index contributed by atoms with van der Waals surface area (Å²) in [5.41, 5.74) is 0.924. The van der Waals surface area contributed by atoms with Crippen LogP contribution >= 0.6 is 11.6 Å². The Morgan fingerprint density at radius 3 is 2.85 bits per heavy atom. The zero-order chi connectivity index (χ0) is 23.4. The maximum Gasteiger partial charge on any atom is 0.187 e. The van der Waals surface area contributed by atoms with E-state index in [1.807, 2.05) is 0 Å². The van der Waals surface area contributed by atoms with E-state index >= 15 is 0 Å². The summed E-state index contributed by atoms with van der Waals surface area (Å²) >= 11 is 5.77. The molecule has 0 radical (unpaired) electrons. The smallest absolute Gasteiger partial charge is 0.187 e. The number of phenols is 1. The zero-order valence-electron chi connectivity index (χ0n) is 17.9. The van der Waals surface area contributed by atoms with Crippen molar-refractivity contribution in [3.05, 3.63) is 46.9 Å². The number of fused-ring (bicyclic) bond motifs is 1. The zero-order valence-corrected chi connectivity index (χ0v) is 18.7. The minimum absolute atomic E-state index is 0.0364. The van der Waals surface area contributed by atoms with Crippen LogP contribution in [0.5, 0.6) is 17.2 Å². The Morgan fingerprint density at radius 2 is 2.12 bits per heavy atom. The maximum atomic E-state index is 14.4. The number of benzene rings is 2. The molecule has 1 saturated heterocycles. The van der Waals surface area contributed by atoms with Gasteiger partial charge in [0.25, 0.3) is 0 Å². The Bertz CT molecular complexity index is 1210. The molecule has 2 aromatic carbocycles. The summed E-state index contributed by atoms with van der Waals surface area (Å²) in [7, 11) is 1.51. The third-order valence-electron chi connectivity index (χ3n) is 5.35. The van der Waals surface area contributed by atoms with Crippen LogP contribution in [0.3, 0.4) is 0 Å². The van der Waals surface area contributed by atoms with E-state index in [4.69, 9.17) is 25.8 Å². The molecule has 1 aliphatic heterocycles. The van der Waals surface area contributed by atoms with Crippen LogP contribution < -0.4 is 14.8 Å². The molecule has 4 rings (SSSR count). The topological polar surface area (TPSA) is 99.9 Å². The van der Waals surface area contributed by atoms with Crippen molar-refractivity contribution in [1.29, 1.82) is 5.26 Å².